The zero-order valence-corrected chi connectivity index (χ0v) is 15.9. The second-order valence-corrected chi connectivity index (χ2v) is 6.98. The minimum atomic E-state index is 0.228. The molecule has 1 unspecified atom stereocenters. The summed E-state index contributed by atoms with van der Waals surface area (Å²) >= 11 is 0. The van der Waals surface area contributed by atoms with Crippen LogP contribution in [-0.2, 0) is 13.0 Å². The van der Waals surface area contributed by atoms with Gasteiger partial charge in [-0.1, -0.05) is 91.0 Å². The van der Waals surface area contributed by atoms with E-state index < -0.39 is 0 Å². The van der Waals surface area contributed by atoms with Crippen molar-refractivity contribution < 1.29 is 5.11 Å². The SMILES string of the molecule is OCCCN(Cc1ccccc1)C(CCc1ccccc1)c1ccccc1. The summed E-state index contributed by atoms with van der Waals surface area (Å²) in [5.41, 5.74) is 4.04. The predicted molar refractivity (Wildman–Crippen MR) is 113 cm³/mol. The van der Waals surface area contributed by atoms with Crippen molar-refractivity contribution in [2.45, 2.75) is 31.8 Å². The Balaban J connectivity index is 1.82. The third-order valence-corrected chi connectivity index (χ3v) is 5.01. The number of benzene rings is 3. The fourth-order valence-corrected chi connectivity index (χ4v) is 3.62. The van der Waals surface area contributed by atoms with E-state index in [0.29, 0.717) is 6.04 Å². The fraction of sp³-hybridized carbons (Fsp3) is 0.280. The van der Waals surface area contributed by atoms with Gasteiger partial charge < -0.3 is 5.11 Å². The second-order valence-electron chi connectivity index (χ2n) is 6.98. The highest BCUT2D eigenvalue weighted by Crippen LogP contribution is 2.28. The van der Waals surface area contributed by atoms with Gasteiger partial charge in [0.25, 0.3) is 0 Å². The molecule has 0 radical (unpaired) electrons. The standard InChI is InChI=1S/C25H29NO/c27-20-10-19-26(21-23-13-6-2-7-14-23)25(24-15-8-3-9-16-24)18-17-22-11-4-1-5-12-22/h1-9,11-16,25,27H,10,17-21H2. The van der Waals surface area contributed by atoms with Crippen molar-refractivity contribution in [3.05, 3.63) is 108 Å². The fourth-order valence-electron chi connectivity index (χ4n) is 3.62. The molecule has 0 aromatic heterocycles. The number of hydrogen-bond donors (Lipinski definition) is 1. The van der Waals surface area contributed by atoms with Gasteiger partial charge in [-0.15, -0.1) is 0 Å². The van der Waals surface area contributed by atoms with Gasteiger partial charge in [0.15, 0.2) is 0 Å². The molecule has 2 heteroatoms. The molecule has 0 aliphatic heterocycles. The van der Waals surface area contributed by atoms with Crippen LogP contribution in [0.5, 0.6) is 0 Å². The number of rotatable bonds is 10. The number of hydrogen-bond acceptors (Lipinski definition) is 2. The van der Waals surface area contributed by atoms with Gasteiger partial charge in [-0.3, -0.25) is 4.90 Å². The summed E-state index contributed by atoms with van der Waals surface area (Å²) in [6.45, 7) is 2.01. The summed E-state index contributed by atoms with van der Waals surface area (Å²) in [5, 5.41) is 9.41. The van der Waals surface area contributed by atoms with Crippen molar-refractivity contribution in [1.82, 2.24) is 4.90 Å². The van der Waals surface area contributed by atoms with Gasteiger partial charge in [0, 0.05) is 25.7 Å². The first-order valence-corrected chi connectivity index (χ1v) is 9.84. The molecule has 0 bridgehead atoms. The highest BCUT2D eigenvalue weighted by molar-refractivity contribution is 5.22. The Labute approximate surface area is 163 Å². The van der Waals surface area contributed by atoms with Gasteiger partial charge in [0.2, 0.25) is 0 Å². The average molecular weight is 360 g/mol. The van der Waals surface area contributed by atoms with E-state index in [2.05, 4.69) is 95.9 Å². The second kappa shape index (κ2) is 10.7. The van der Waals surface area contributed by atoms with E-state index in [9.17, 15) is 5.11 Å². The van der Waals surface area contributed by atoms with Crippen LogP contribution in [0.4, 0.5) is 0 Å². The molecule has 140 valence electrons. The maximum Gasteiger partial charge on any atom is 0.0443 e. The lowest BCUT2D eigenvalue weighted by molar-refractivity contribution is 0.159. The number of nitrogens with zero attached hydrogens (tertiary/aromatic N) is 1. The smallest absolute Gasteiger partial charge is 0.0443 e. The summed E-state index contributed by atoms with van der Waals surface area (Å²) in [4.78, 5) is 2.52. The number of aryl methyl sites for hydroxylation is 1. The molecule has 1 atom stereocenters. The normalized spacial score (nSPS) is 12.2. The first kappa shape index (κ1) is 19.3. The summed E-state index contributed by atoms with van der Waals surface area (Å²) < 4.78 is 0. The van der Waals surface area contributed by atoms with Crippen LogP contribution in [0.25, 0.3) is 0 Å². The van der Waals surface area contributed by atoms with Crippen LogP contribution >= 0.6 is 0 Å². The monoisotopic (exact) mass is 359 g/mol. The molecule has 0 amide bonds. The van der Waals surface area contributed by atoms with E-state index >= 15 is 0 Å². The van der Waals surface area contributed by atoms with Gasteiger partial charge in [-0.25, -0.2) is 0 Å². The largest absolute Gasteiger partial charge is 0.396 e. The van der Waals surface area contributed by atoms with Crippen molar-refractivity contribution >= 4 is 0 Å². The molecule has 0 aliphatic carbocycles. The number of aliphatic hydroxyl groups is 1. The maximum atomic E-state index is 9.41. The third-order valence-electron chi connectivity index (χ3n) is 5.01. The van der Waals surface area contributed by atoms with E-state index in [1.165, 1.54) is 16.7 Å². The molecule has 0 saturated carbocycles. The van der Waals surface area contributed by atoms with Crippen molar-refractivity contribution in [3.8, 4) is 0 Å². The Morgan fingerprint density at radius 1 is 0.704 bits per heavy atom. The van der Waals surface area contributed by atoms with Gasteiger partial charge in [-0.2, -0.15) is 0 Å². The summed E-state index contributed by atoms with van der Waals surface area (Å²) in [6.07, 6.45) is 2.90. The van der Waals surface area contributed by atoms with Gasteiger partial charge in [0.1, 0.15) is 0 Å². The first-order chi connectivity index (χ1) is 13.4. The molecule has 0 fully saturated rings. The highest BCUT2D eigenvalue weighted by atomic mass is 16.3. The van der Waals surface area contributed by atoms with E-state index in [4.69, 9.17) is 0 Å². The molecular formula is C25H29NO. The van der Waals surface area contributed by atoms with Crippen LogP contribution in [0.1, 0.15) is 35.6 Å². The molecule has 0 spiro atoms. The molecular weight excluding hydrogens is 330 g/mol. The zero-order chi connectivity index (χ0) is 18.7. The van der Waals surface area contributed by atoms with Gasteiger partial charge >= 0.3 is 0 Å². The van der Waals surface area contributed by atoms with E-state index in [1.807, 2.05) is 0 Å². The Kier molecular flexibility index (Phi) is 7.64. The molecule has 1 N–H and O–H groups in total. The Bertz CT molecular complexity index is 758. The van der Waals surface area contributed by atoms with Crippen LogP contribution in [0.3, 0.4) is 0 Å². The van der Waals surface area contributed by atoms with Crippen LogP contribution in [0, 0.1) is 0 Å². The lowest BCUT2D eigenvalue weighted by atomic mass is 9.96. The van der Waals surface area contributed by atoms with E-state index in [1.54, 1.807) is 0 Å². The zero-order valence-electron chi connectivity index (χ0n) is 15.9. The molecule has 0 aliphatic rings. The van der Waals surface area contributed by atoms with Crippen molar-refractivity contribution in [2.75, 3.05) is 13.2 Å². The molecule has 27 heavy (non-hydrogen) atoms. The minimum Gasteiger partial charge on any atom is -0.396 e. The van der Waals surface area contributed by atoms with Crippen LogP contribution in [-0.4, -0.2) is 23.2 Å². The average Bonchev–Trinajstić information content (AvgIpc) is 2.74. The van der Waals surface area contributed by atoms with Crippen LogP contribution in [0.15, 0.2) is 91.0 Å². The predicted octanol–water partition coefficient (Wildman–Crippen LogP) is 5.25. The summed E-state index contributed by atoms with van der Waals surface area (Å²) in [6, 6.07) is 32.4. The maximum absolute atomic E-state index is 9.41. The Hall–Kier alpha value is -2.42. The lowest BCUT2D eigenvalue weighted by Gasteiger charge is -2.32. The number of aliphatic hydroxyl groups excluding tert-OH is 1. The molecule has 3 aromatic rings. The van der Waals surface area contributed by atoms with E-state index in [0.717, 1.165) is 32.4 Å². The minimum absolute atomic E-state index is 0.228. The first-order valence-electron chi connectivity index (χ1n) is 9.84. The van der Waals surface area contributed by atoms with E-state index in [-0.39, 0.29) is 6.61 Å². The molecule has 0 saturated heterocycles. The van der Waals surface area contributed by atoms with Gasteiger partial charge in [0.05, 0.1) is 0 Å². The van der Waals surface area contributed by atoms with Crippen molar-refractivity contribution in [3.63, 3.8) is 0 Å². The molecule has 3 rings (SSSR count). The third kappa shape index (κ3) is 6.06. The molecule has 0 heterocycles. The Morgan fingerprint density at radius 3 is 1.85 bits per heavy atom. The summed E-state index contributed by atoms with van der Waals surface area (Å²) in [5.74, 6) is 0. The quantitative estimate of drug-likeness (QED) is 0.535. The van der Waals surface area contributed by atoms with Crippen molar-refractivity contribution in [2.24, 2.45) is 0 Å². The lowest BCUT2D eigenvalue weighted by Crippen LogP contribution is -2.30. The Morgan fingerprint density at radius 2 is 1.26 bits per heavy atom. The molecule has 3 aromatic carbocycles. The van der Waals surface area contributed by atoms with Crippen LogP contribution < -0.4 is 0 Å². The van der Waals surface area contributed by atoms with Crippen molar-refractivity contribution in [1.29, 1.82) is 0 Å². The topological polar surface area (TPSA) is 23.5 Å². The van der Waals surface area contributed by atoms with Crippen LogP contribution in [0.2, 0.25) is 0 Å². The highest BCUT2D eigenvalue weighted by Gasteiger charge is 2.20. The molecule has 2 nitrogen and oxygen atoms in total. The summed E-state index contributed by atoms with van der Waals surface area (Å²) in [7, 11) is 0. The van der Waals surface area contributed by atoms with Gasteiger partial charge in [-0.05, 0) is 36.0 Å².